The van der Waals surface area contributed by atoms with Crippen molar-refractivity contribution in [2.24, 2.45) is 0 Å². The van der Waals surface area contributed by atoms with E-state index in [-0.39, 0.29) is 10.8 Å². The highest BCUT2D eigenvalue weighted by molar-refractivity contribution is 6.74. The molecule has 0 amide bonds. The zero-order valence-corrected chi connectivity index (χ0v) is 13.9. The molecule has 1 aliphatic rings. The van der Waals surface area contributed by atoms with E-state index in [0.29, 0.717) is 13.0 Å². The van der Waals surface area contributed by atoms with E-state index < -0.39 is 8.32 Å². The SMILES string of the molecule is CC(C)(C)[Si](C)(C)OCCC#C/C=C1/CCCC1=O. The van der Waals surface area contributed by atoms with Crippen LogP contribution < -0.4 is 0 Å². The normalized spacial score (nSPS) is 18.6. The molecule has 0 saturated heterocycles. The summed E-state index contributed by atoms with van der Waals surface area (Å²) in [5, 5.41) is 0.249. The second-order valence-electron chi connectivity index (χ2n) is 6.63. The van der Waals surface area contributed by atoms with Gasteiger partial charge in [-0.25, -0.2) is 0 Å². The van der Waals surface area contributed by atoms with Gasteiger partial charge in [0.05, 0.1) is 0 Å². The fraction of sp³-hybridized carbons (Fsp3) is 0.688. The molecule has 106 valence electrons. The van der Waals surface area contributed by atoms with Gasteiger partial charge in [0, 0.05) is 25.0 Å². The fourth-order valence-corrected chi connectivity index (χ4v) is 2.72. The molecular weight excluding hydrogens is 252 g/mol. The Morgan fingerprint density at radius 2 is 2.00 bits per heavy atom. The first-order valence-electron chi connectivity index (χ1n) is 7.08. The molecule has 0 aliphatic heterocycles. The Labute approximate surface area is 118 Å². The summed E-state index contributed by atoms with van der Waals surface area (Å²) < 4.78 is 6.04. The maximum Gasteiger partial charge on any atom is 0.192 e. The van der Waals surface area contributed by atoms with Crippen LogP contribution >= 0.6 is 0 Å². The summed E-state index contributed by atoms with van der Waals surface area (Å²) >= 11 is 0. The third-order valence-electron chi connectivity index (χ3n) is 4.05. The van der Waals surface area contributed by atoms with Crippen molar-refractivity contribution in [3.63, 3.8) is 0 Å². The van der Waals surface area contributed by atoms with Crippen molar-refractivity contribution in [2.45, 2.75) is 64.6 Å². The Morgan fingerprint density at radius 3 is 2.53 bits per heavy atom. The standard InChI is InChI=1S/C16H26O2Si/c1-16(2,3)19(4,5)18-13-8-6-7-10-14-11-9-12-15(14)17/h10H,8-9,11-13H2,1-5H3/b14-10-. The van der Waals surface area contributed by atoms with Gasteiger partial charge in [0.1, 0.15) is 0 Å². The molecule has 0 aromatic carbocycles. The molecule has 0 spiro atoms. The Kier molecular flexibility index (Phi) is 5.58. The van der Waals surface area contributed by atoms with Crippen molar-refractivity contribution in [1.29, 1.82) is 0 Å². The number of ketones is 1. The summed E-state index contributed by atoms with van der Waals surface area (Å²) in [6.07, 6.45) is 5.11. The van der Waals surface area contributed by atoms with Crippen molar-refractivity contribution in [1.82, 2.24) is 0 Å². The number of carbonyl (C=O) groups is 1. The van der Waals surface area contributed by atoms with Gasteiger partial charge in [0.15, 0.2) is 14.1 Å². The topological polar surface area (TPSA) is 26.3 Å². The second-order valence-corrected chi connectivity index (χ2v) is 11.4. The molecule has 0 radical (unpaired) electrons. The van der Waals surface area contributed by atoms with Crippen LogP contribution in [0, 0.1) is 11.8 Å². The molecule has 0 aromatic rings. The lowest BCUT2D eigenvalue weighted by molar-refractivity contribution is -0.114. The van der Waals surface area contributed by atoms with Crippen LogP contribution in [0.3, 0.4) is 0 Å². The van der Waals surface area contributed by atoms with Gasteiger partial charge < -0.3 is 4.43 Å². The lowest BCUT2D eigenvalue weighted by Crippen LogP contribution is -2.40. The summed E-state index contributed by atoms with van der Waals surface area (Å²) in [6, 6.07) is 0. The Bertz CT molecular complexity index is 416. The molecule has 1 saturated carbocycles. The van der Waals surface area contributed by atoms with E-state index in [1.807, 2.05) is 0 Å². The Morgan fingerprint density at radius 1 is 1.32 bits per heavy atom. The Balaban J connectivity index is 2.34. The number of hydrogen-bond acceptors (Lipinski definition) is 2. The summed E-state index contributed by atoms with van der Waals surface area (Å²) in [5.41, 5.74) is 0.901. The van der Waals surface area contributed by atoms with E-state index in [0.717, 1.165) is 24.8 Å². The van der Waals surface area contributed by atoms with Gasteiger partial charge in [-0.1, -0.05) is 32.6 Å². The molecule has 0 heterocycles. The van der Waals surface area contributed by atoms with Crippen molar-refractivity contribution in [2.75, 3.05) is 6.61 Å². The minimum Gasteiger partial charge on any atom is -0.416 e. The highest BCUT2D eigenvalue weighted by atomic mass is 28.4. The Hall–Kier alpha value is -0.853. The molecule has 1 aliphatic carbocycles. The van der Waals surface area contributed by atoms with E-state index in [4.69, 9.17) is 4.43 Å². The number of carbonyl (C=O) groups excluding carboxylic acids is 1. The average Bonchev–Trinajstić information content (AvgIpc) is 2.67. The van der Waals surface area contributed by atoms with Crippen LogP contribution in [-0.2, 0) is 9.22 Å². The second kappa shape index (κ2) is 6.54. The molecule has 0 aromatic heterocycles. The van der Waals surface area contributed by atoms with Gasteiger partial charge in [-0.15, -0.1) is 0 Å². The van der Waals surface area contributed by atoms with E-state index in [1.165, 1.54) is 0 Å². The van der Waals surface area contributed by atoms with Crippen LogP contribution in [0.1, 0.15) is 46.5 Å². The highest BCUT2D eigenvalue weighted by Crippen LogP contribution is 2.36. The van der Waals surface area contributed by atoms with Gasteiger partial charge >= 0.3 is 0 Å². The predicted molar refractivity (Wildman–Crippen MR) is 82.5 cm³/mol. The van der Waals surface area contributed by atoms with Crippen molar-refractivity contribution in [3.8, 4) is 11.8 Å². The van der Waals surface area contributed by atoms with Gasteiger partial charge in [0.25, 0.3) is 0 Å². The molecule has 0 unspecified atom stereocenters. The molecule has 2 nitrogen and oxygen atoms in total. The van der Waals surface area contributed by atoms with E-state index >= 15 is 0 Å². The number of Topliss-reactive ketones (excluding diaryl/α,β-unsaturated/α-hetero) is 1. The van der Waals surface area contributed by atoms with Crippen LogP contribution in [0.2, 0.25) is 18.1 Å². The average molecular weight is 278 g/mol. The quantitative estimate of drug-likeness (QED) is 0.336. The largest absolute Gasteiger partial charge is 0.416 e. The molecule has 0 atom stereocenters. The smallest absolute Gasteiger partial charge is 0.192 e. The van der Waals surface area contributed by atoms with E-state index in [1.54, 1.807) is 6.08 Å². The van der Waals surface area contributed by atoms with Gasteiger partial charge in [0.2, 0.25) is 0 Å². The summed E-state index contributed by atoms with van der Waals surface area (Å²) in [4.78, 5) is 11.4. The lowest BCUT2D eigenvalue weighted by atomic mass is 10.2. The van der Waals surface area contributed by atoms with E-state index in [9.17, 15) is 4.79 Å². The fourth-order valence-electron chi connectivity index (χ4n) is 1.68. The highest BCUT2D eigenvalue weighted by Gasteiger charge is 2.36. The molecule has 3 heteroatoms. The first kappa shape index (κ1) is 16.2. The summed E-state index contributed by atoms with van der Waals surface area (Å²) in [5.74, 6) is 6.33. The molecule has 1 rings (SSSR count). The zero-order valence-electron chi connectivity index (χ0n) is 12.9. The first-order valence-corrected chi connectivity index (χ1v) is 9.99. The van der Waals surface area contributed by atoms with Gasteiger partial charge in [-0.2, -0.15) is 0 Å². The zero-order chi connectivity index (χ0) is 14.5. The molecule has 0 N–H and O–H groups in total. The van der Waals surface area contributed by atoms with Crippen LogP contribution in [0.25, 0.3) is 0 Å². The first-order chi connectivity index (χ1) is 8.74. The van der Waals surface area contributed by atoms with Crippen LogP contribution in [0.5, 0.6) is 0 Å². The van der Waals surface area contributed by atoms with E-state index in [2.05, 4.69) is 45.7 Å². The van der Waals surface area contributed by atoms with Crippen LogP contribution in [0.4, 0.5) is 0 Å². The van der Waals surface area contributed by atoms with Crippen LogP contribution in [0.15, 0.2) is 11.6 Å². The van der Waals surface area contributed by atoms with Crippen molar-refractivity contribution >= 4 is 14.1 Å². The van der Waals surface area contributed by atoms with Crippen molar-refractivity contribution in [3.05, 3.63) is 11.6 Å². The van der Waals surface area contributed by atoms with Gasteiger partial charge in [-0.3, -0.25) is 4.79 Å². The van der Waals surface area contributed by atoms with Crippen LogP contribution in [-0.4, -0.2) is 20.7 Å². The maximum absolute atomic E-state index is 11.4. The molecule has 1 fully saturated rings. The minimum atomic E-state index is -1.64. The van der Waals surface area contributed by atoms with Crippen molar-refractivity contribution < 1.29 is 9.22 Å². The molecular formula is C16H26O2Si. The molecule has 0 bridgehead atoms. The third kappa shape index (κ3) is 4.97. The number of hydrogen-bond donors (Lipinski definition) is 0. The lowest BCUT2D eigenvalue weighted by Gasteiger charge is -2.35. The minimum absolute atomic E-state index is 0.249. The monoisotopic (exact) mass is 278 g/mol. The van der Waals surface area contributed by atoms with Gasteiger partial charge in [-0.05, 0) is 37.0 Å². The number of rotatable bonds is 3. The predicted octanol–water partition coefficient (Wildman–Crippen LogP) is 4.08. The number of allylic oxidation sites excluding steroid dienone is 2. The maximum atomic E-state index is 11.4. The summed E-state index contributed by atoms with van der Waals surface area (Å²) in [6.45, 7) is 11.9. The molecule has 19 heavy (non-hydrogen) atoms. The third-order valence-corrected chi connectivity index (χ3v) is 8.59. The summed E-state index contributed by atoms with van der Waals surface area (Å²) in [7, 11) is -1.64.